The molecule has 0 aromatic heterocycles. The number of nitro groups is 1. The topological polar surface area (TPSA) is 75.9 Å². The Bertz CT molecular complexity index is 628. The number of piperazine rings is 1. The molecule has 1 aliphatic heterocycles. The number of hydrogen-bond acceptors (Lipinski definition) is 6. The van der Waals surface area contributed by atoms with Crippen molar-refractivity contribution < 1.29 is 14.5 Å². The quantitative estimate of drug-likeness (QED) is 0.459. The fourth-order valence-electron chi connectivity index (χ4n) is 2.72. The Hall–Kier alpha value is -1.86. The van der Waals surface area contributed by atoms with Gasteiger partial charge in [0.15, 0.2) is 0 Å². The van der Waals surface area contributed by atoms with Crippen LogP contribution in [0.5, 0.6) is 0 Å². The molecular weight excluding hydrogens is 334 g/mol. The number of nitro benzene ring substituents is 1. The predicted octanol–water partition coefficient (Wildman–Crippen LogP) is 2.96. The first-order valence-corrected chi connectivity index (χ1v) is 8.37. The predicted molar refractivity (Wildman–Crippen MR) is 93.0 cm³/mol. The van der Waals surface area contributed by atoms with E-state index in [1.54, 1.807) is 13.8 Å². The third-order valence-corrected chi connectivity index (χ3v) is 4.24. The minimum atomic E-state index is -0.614. The van der Waals surface area contributed by atoms with E-state index in [9.17, 15) is 14.9 Å². The van der Waals surface area contributed by atoms with Crippen molar-refractivity contribution in [1.29, 1.82) is 0 Å². The first kappa shape index (κ1) is 18.5. The molecule has 1 aromatic carbocycles. The SMILES string of the molecule is CCN1CCN(c2c(Cl)cc(C(=O)OC(C)C)cc2[N+](=O)[O-])CC1. The second kappa shape index (κ2) is 7.81. The minimum Gasteiger partial charge on any atom is -0.459 e. The van der Waals surface area contributed by atoms with Gasteiger partial charge in [-0.15, -0.1) is 0 Å². The van der Waals surface area contributed by atoms with Gasteiger partial charge in [0, 0.05) is 32.2 Å². The van der Waals surface area contributed by atoms with Gasteiger partial charge in [-0.3, -0.25) is 10.1 Å². The highest BCUT2D eigenvalue weighted by molar-refractivity contribution is 6.34. The summed E-state index contributed by atoms with van der Waals surface area (Å²) in [5.41, 5.74) is 0.304. The molecule has 7 nitrogen and oxygen atoms in total. The van der Waals surface area contributed by atoms with Crippen molar-refractivity contribution in [2.45, 2.75) is 26.9 Å². The van der Waals surface area contributed by atoms with E-state index in [1.807, 2.05) is 4.90 Å². The summed E-state index contributed by atoms with van der Waals surface area (Å²) in [7, 11) is 0. The number of carbonyl (C=O) groups excluding carboxylic acids is 1. The van der Waals surface area contributed by atoms with Gasteiger partial charge in [0.1, 0.15) is 5.69 Å². The molecular formula is C16H22ClN3O4. The maximum Gasteiger partial charge on any atom is 0.338 e. The third-order valence-electron chi connectivity index (χ3n) is 3.95. The van der Waals surface area contributed by atoms with E-state index in [1.165, 1.54) is 12.1 Å². The molecule has 0 amide bonds. The van der Waals surface area contributed by atoms with Crippen LogP contribution in [-0.2, 0) is 4.74 Å². The number of rotatable bonds is 5. The highest BCUT2D eigenvalue weighted by Gasteiger charge is 2.28. The van der Waals surface area contributed by atoms with Crippen LogP contribution in [0.2, 0.25) is 5.02 Å². The van der Waals surface area contributed by atoms with Gasteiger partial charge in [0.25, 0.3) is 5.69 Å². The molecule has 0 radical (unpaired) electrons. The highest BCUT2D eigenvalue weighted by atomic mass is 35.5. The molecule has 2 rings (SSSR count). The summed E-state index contributed by atoms with van der Waals surface area (Å²) < 4.78 is 5.10. The van der Waals surface area contributed by atoms with Gasteiger partial charge in [-0.25, -0.2) is 4.79 Å². The number of anilines is 1. The summed E-state index contributed by atoms with van der Waals surface area (Å²) in [6.45, 7) is 9.42. The number of carbonyl (C=O) groups is 1. The van der Waals surface area contributed by atoms with Crippen LogP contribution in [0.25, 0.3) is 0 Å². The fraction of sp³-hybridized carbons (Fsp3) is 0.562. The summed E-state index contributed by atoms with van der Waals surface area (Å²) in [5, 5.41) is 11.7. The Morgan fingerprint density at radius 2 is 1.96 bits per heavy atom. The first-order chi connectivity index (χ1) is 11.3. The molecule has 132 valence electrons. The lowest BCUT2D eigenvalue weighted by Gasteiger charge is -2.35. The van der Waals surface area contributed by atoms with E-state index in [4.69, 9.17) is 16.3 Å². The third kappa shape index (κ3) is 4.15. The average molecular weight is 356 g/mol. The van der Waals surface area contributed by atoms with Crippen LogP contribution in [0.4, 0.5) is 11.4 Å². The van der Waals surface area contributed by atoms with E-state index in [-0.39, 0.29) is 22.4 Å². The Morgan fingerprint density at radius 3 is 2.46 bits per heavy atom. The zero-order valence-corrected chi connectivity index (χ0v) is 14.9. The van der Waals surface area contributed by atoms with Crippen LogP contribution < -0.4 is 4.90 Å². The molecule has 0 spiro atoms. The van der Waals surface area contributed by atoms with Crippen molar-refractivity contribution in [1.82, 2.24) is 4.90 Å². The Balaban J connectivity index is 2.35. The second-order valence-electron chi connectivity index (χ2n) is 5.96. The lowest BCUT2D eigenvalue weighted by atomic mass is 10.1. The molecule has 1 fully saturated rings. The molecule has 1 heterocycles. The van der Waals surface area contributed by atoms with Crippen molar-refractivity contribution in [3.8, 4) is 0 Å². The molecule has 1 saturated heterocycles. The summed E-state index contributed by atoms with van der Waals surface area (Å²) in [6, 6.07) is 2.69. The van der Waals surface area contributed by atoms with Crippen molar-refractivity contribution in [3.63, 3.8) is 0 Å². The van der Waals surface area contributed by atoms with Crippen LogP contribution in [0.3, 0.4) is 0 Å². The number of ether oxygens (including phenoxy) is 1. The first-order valence-electron chi connectivity index (χ1n) is 7.99. The van der Waals surface area contributed by atoms with Crippen LogP contribution in [0.15, 0.2) is 12.1 Å². The molecule has 1 aliphatic rings. The summed E-state index contributed by atoms with van der Waals surface area (Å²) in [6.07, 6.45) is -0.308. The largest absolute Gasteiger partial charge is 0.459 e. The van der Waals surface area contributed by atoms with Crippen LogP contribution in [-0.4, -0.2) is 54.6 Å². The standard InChI is InChI=1S/C16H22ClN3O4/c1-4-18-5-7-19(8-6-18)15-13(17)9-12(10-14(15)20(22)23)16(21)24-11(2)3/h9-11H,4-8H2,1-3H3. The van der Waals surface area contributed by atoms with Gasteiger partial charge in [0.05, 0.1) is 21.6 Å². The van der Waals surface area contributed by atoms with E-state index >= 15 is 0 Å². The molecule has 0 bridgehead atoms. The maximum atomic E-state index is 12.0. The fourth-order valence-corrected chi connectivity index (χ4v) is 3.06. The minimum absolute atomic E-state index is 0.0938. The molecule has 24 heavy (non-hydrogen) atoms. The summed E-state index contributed by atoms with van der Waals surface area (Å²) in [4.78, 5) is 27.2. The summed E-state index contributed by atoms with van der Waals surface area (Å²) in [5.74, 6) is -0.614. The average Bonchev–Trinajstić information content (AvgIpc) is 2.53. The van der Waals surface area contributed by atoms with Crippen molar-refractivity contribution in [3.05, 3.63) is 32.8 Å². The Labute approximate surface area is 146 Å². The molecule has 0 N–H and O–H groups in total. The van der Waals surface area contributed by atoms with Gasteiger partial charge in [-0.05, 0) is 26.5 Å². The van der Waals surface area contributed by atoms with Crippen molar-refractivity contribution >= 4 is 28.9 Å². The smallest absolute Gasteiger partial charge is 0.338 e. The summed E-state index contributed by atoms with van der Waals surface area (Å²) >= 11 is 6.30. The Kier molecular flexibility index (Phi) is 6.01. The number of nitrogens with zero attached hydrogens (tertiary/aromatic N) is 3. The molecule has 8 heteroatoms. The van der Waals surface area contributed by atoms with Gasteiger partial charge < -0.3 is 14.5 Å². The zero-order chi connectivity index (χ0) is 17.9. The molecule has 0 saturated carbocycles. The monoisotopic (exact) mass is 355 g/mol. The van der Waals surface area contributed by atoms with Gasteiger partial charge >= 0.3 is 5.97 Å². The number of likely N-dealkylation sites (N-methyl/N-ethyl adjacent to an activating group) is 1. The number of benzene rings is 1. The van der Waals surface area contributed by atoms with E-state index in [2.05, 4.69) is 11.8 Å². The van der Waals surface area contributed by atoms with Gasteiger partial charge in [-0.1, -0.05) is 18.5 Å². The van der Waals surface area contributed by atoms with Gasteiger partial charge in [0.2, 0.25) is 0 Å². The van der Waals surface area contributed by atoms with Crippen LogP contribution in [0, 0.1) is 10.1 Å². The lowest BCUT2D eigenvalue weighted by Crippen LogP contribution is -2.46. The Morgan fingerprint density at radius 1 is 1.33 bits per heavy atom. The maximum absolute atomic E-state index is 12.0. The number of esters is 1. The van der Waals surface area contributed by atoms with Crippen LogP contribution in [0.1, 0.15) is 31.1 Å². The number of halogens is 1. The second-order valence-corrected chi connectivity index (χ2v) is 6.37. The lowest BCUT2D eigenvalue weighted by molar-refractivity contribution is -0.384. The molecule has 0 unspecified atom stereocenters. The van der Waals surface area contributed by atoms with E-state index in [0.29, 0.717) is 18.8 Å². The zero-order valence-electron chi connectivity index (χ0n) is 14.1. The normalized spacial score (nSPS) is 15.6. The van der Waals surface area contributed by atoms with Crippen LogP contribution >= 0.6 is 11.6 Å². The molecule has 0 atom stereocenters. The van der Waals surface area contributed by atoms with E-state index in [0.717, 1.165) is 19.6 Å². The number of hydrogen-bond donors (Lipinski definition) is 0. The van der Waals surface area contributed by atoms with Crippen molar-refractivity contribution in [2.75, 3.05) is 37.6 Å². The highest BCUT2D eigenvalue weighted by Crippen LogP contribution is 2.37. The molecule has 0 aliphatic carbocycles. The van der Waals surface area contributed by atoms with Gasteiger partial charge in [-0.2, -0.15) is 0 Å². The van der Waals surface area contributed by atoms with Crippen molar-refractivity contribution in [2.24, 2.45) is 0 Å². The van der Waals surface area contributed by atoms with E-state index < -0.39 is 10.9 Å². The molecule has 1 aromatic rings.